The average Bonchev–Trinajstić information content (AvgIpc) is 2.66. The molecule has 0 saturated heterocycles. The summed E-state index contributed by atoms with van der Waals surface area (Å²) in [5, 5.41) is 11.3. The standard InChI is InChI=1S/C27H31NO/c1-26(2,3)20-17-22(25(29)23(18-20)27(4,5)6)24(19-13-9-7-10-14-19)28-21-15-11-8-12-16-21/h7-18,29H,1-6H3/b28-24-. The van der Waals surface area contributed by atoms with Crippen LogP contribution >= 0.6 is 0 Å². The molecule has 0 unspecified atom stereocenters. The van der Waals surface area contributed by atoms with Crippen molar-refractivity contribution in [3.8, 4) is 5.75 Å². The van der Waals surface area contributed by atoms with Crippen LogP contribution in [0.5, 0.6) is 5.75 Å². The Morgan fingerprint density at radius 1 is 0.724 bits per heavy atom. The van der Waals surface area contributed by atoms with E-state index in [0.717, 1.165) is 28.1 Å². The molecule has 0 spiro atoms. The molecule has 0 bridgehead atoms. The first-order valence-electron chi connectivity index (χ1n) is 10.1. The van der Waals surface area contributed by atoms with Gasteiger partial charge in [0.05, 0.1) is 11.4 Å². The number of hydrogen-bond donors (Lipinski definition) is 1. The van der Waals surface area contributed by atoms with E-state index in [2.05, 4.69) is 53.7 Å². The Hall–Kier alpha value is -2.87. The Balaban J connectivity index is 2.35. The van der Waals surface area contributed by atoms with Crippen LogP contribution in [0, 0.1) is 0 Å². The lowest BCUT2D eigenvalue weighted by Gasteiger charge is -2.28. The molecule has 150 valence electrons. The predicted molar refractivity (Wildman–Crippen MR) is 124 cm³/mol. The predicted octanol–water partition coefficient (Wildman–Crippen LogP) is 7.16. The smallest absolute Gasteiger partial charge is 0.128 e. The number of benzene rings is 3. The molecule has 2 heteroatoms. The van der Waals surface area contributed by atoms with Crippen molar-refractivity contribution < 1.29 is 5.11 Å². The zero-order valence-electron chi connectivity index (χ0n) is 18.3. The van der Waals surface area contributed by atoms with E-state index in [0.29, 0.717) is 5.75 Å². The lowest BCUT2D eigenvalue weighted by molar-refractivity contribution is 0.443. The molecule has 3 rings (SSSR count). The number of hydrogen-bond acceptors (Lipinski definition) is 2. The van der Waals surface area contributed by atoms with Gasteiger partial charge in [-0.2, -0.15) is 0 Å². The molecule has 0 aliphatic heterocycles. The van der Waals surface area contributed by atoms with Crippen molar-refractivity contribution in [2.75, 3.05) is 0 Å². The van der Waals surface area contributed by atoms with Gasteiger partial charge in [-0.3, -0.25) is 0 Å². The second kappa shape index (κ2) is 7.87. The number of nitrogens with zero attached hydrogens (tertiary/aromatic N) is 1. The van der Waals surface area contributed by atoms with Gasteiger partial charge in [0.2, 0.25) is 0 Å². The fourth-order valence-electron chi connectivity index (χ4n) is 3.33. The van der Waals surface area contributed by atoms with Gasteiger partial charge < -0.3 is 5.11 Å². The summed E-state index contributed by atoms with van der Waals surface area (Å²) in [7, 11) is 0. The largest absolute Gasteiger partial charge is 0.507 e. The normalized spacial score (nSPS) is 12.8. The summed E-state index contributed by atoms with van der Waals surface area (Å²) in [4.78, 5) is 4.96. The summed E-state index contributed by atoms with van der Waals surface area (Å²) in [5.41, 5.74) is 5.31. The zero-order chi connectivity index (χ0) is 21.2. The van der Waals surface area contributed by atoms with Crippen LogP contribution in [-0.2, 0) is 10.8 Å². The van der Waals surface area contributed by atoms with Crippen molar-refractivity contribution in [2.45, 2.75) is 52.4 Å². The second-order valence-corrected chi connectivity index (χ2v) is 9.58. The van der Waals surface area contributed by atoms with E-state index in [1.54, 1.807) is 0 Å². The average molecular weight is 386 g/mol. The van der Waals surface area contributed by atoms with Crippen molar-refractivity contribution in [1.82, 2.24) is 0 Å². The summed E-state index contributed by atoms with van der Waals surface area (Å²) in [6, 6.07) is 24.2. The van der Waals surface area contributed by atoms with Gasteiger partial charge in [0.25, 0.3) is 0 Å². The van der Waals surface area contributed by atoms with Crippen LogP contribution in [0.2, 0.25) is 0 Å². The highest BCUT2D eigenvalue weighted by molar-refractivity contribution is 6.15. The minimum atomic E-state index is -0.186. The van der Waals surface area contributed by atoms with Crippen LogP contribution in [0.25, 0.3) is 0 Å². The van der Waals surface area contributed by atoms with E-state index in [4.69, 9.17) is 4.99 Å². The van der Waals surface area contributed by atoms with Gasteiger partial charge in [0.1, 0.15) is 5.75 Å². The molecule has 29 heavy (non-hydrogen) atoms. The molecule has 0 heterocycles. The Labute approximate surface area is 175 Å². The van der Waals surface area contributed by atoms with Gasteiger partial charge >= 0.3 is 0 Å². The molecule has 3 aromatic rings. The molecular weight excluding hydrogens is 354 g/mol. The summed E-state index contributed by atoms with van der Waals surface area (Å²) in [6.07, 6.45) is 0. The van der Waals surface area contributed by atoms with Crippen molar-refractivity contribution >= 4 is 11.4 Å². The van der Waals surface area contributed by atoms with Gasteiger partial charge in [0.15, 0.2) is 0 Å². The molecule has 0 fully saturated rings. The fraction of sp³-hybridized carbons (Fsp3) is 0.296. The van der Waals surface area contributed by atoms with Crippen LogP contribution in [-0.4, -0.2) is 10.8 Å². The van der Waals surface area contributed by atoms with Crippen molar-refractivity contribution in [1.29, 1.82) is 0 Å². The third kappa shape index (κ3) is 4.76. The topological polar surface area (TPSA) is 32.6 Å². The Kier molecular flexibility index (Phi) is 5.66. The first-order valence-corrected chi connectivity index (χ1v) is 10.1. The van der Waals surface area contributed by atoms with Crippen molar-refractivity contribution in [2.24, 2.45) is 4.99 Å². The van der Waals surface area contributed by atoms with Crippen molar-refractivity contribution in [3.05, 3.63) is 95.1 Å². The van der Waals surface area contributed by atoms with Gasteiger partial charge in [-0.1, -0.05) is 96.1 Å². The molecule has 1 N–H and O–H groups in total. The molecule has 0 aliphatic rings. The molecule has 2 nitrogen and oxygen atoms in total. The van der Waals surface area contributed by atoms with E-state index in [1.165, 1.54) is 5.56 Å². The third-order valence-corrected chi connectivity index (χ3v) is 5.08. The van der Waals surface area contributed by atoms with E-state index in [1.807, 2.05) is 60.7 Å². The highest BCUT2D eigenvalue weighted by atomic mass is 16.3. The highest BCUT2D eigenvalue weighted by Crippen LogP contribution is 2.39. The summed E-state index contributed by atoms with van der Waals surface area (Å²) in [5.74, 6) is 0.309. The maximum atomic E-state index is 11.3. The number of para-hydroxylation sites is 1. The third-order valence-electron chi connectivity index (χ3n) is 5.08. The SMILES string of the molecule is CC(C)(C)c1cc(/C(=N\c2ccccc2)c2ccccc2)c(O)c(C(C)(C)C)c1. The van der Waals surface area contributed by atoms with Gasteiger partial charge in [-0.05, 0) is 34.6 Å². The number of phenols is 1. The Bertz CT molecular complexity index is 1000. The number of phenolic OH excluding ortho intramolecular Hbond substituents is 1. The number of rotatable bonds is 3. The molecule has 0 saturated carbocycles. The maximum Gasteiger partial charge on any atom is 0.128 e. The van der Waals surface area contributed by atoms with Crippen LogP contribution in [0.4, 0.5) is 5.69 Å². The highest BCUT2D eigenvalue weighted by Gasteiger charge is 2.27. The first kappa shape index (κ1) is 20.9. The maximum absolute atomic E-state index is 11.3. The van der Waals surface area contributed by atoms with E-state index < -0.39 is 0 Å². The first-order chi connectivity index (χ1) is 13.6. The van der Waals surface area contributed by atoms with Gasteiger partial charge in [0, 0.05) is 16.7 Å². The van der Waals surface area contributed by atoms with E-state index in [-0.39, 0.29) is 10.8 Å². The van der Waals surface area contributed by atoms with Gasteiger partial charge in [-0.25, -0.2) is 4.99 Å². The molecule has 0 amide bonds. The second-order valence-electron chi connectivity index (χ2n) is 9.58. The number of aromatic hydroxyl groups is 1. The lowest BCUT2D eigenvalue weighted by atomic mass is 9.78. The van der Waals surface area contributed by atoms with E-state index >= 15 is 0 Å². The lowest BCUT2D eigenvalue weighted by Crippen LogP contribution is -2.19. The molecule has 3 aromatic carbocycles. The number of aliphatic imine (C=N–C) groups is 1. The molecule has 0 aromatic heterocycles. The van der Waals surface area contributed by atoms with Crippen LogP contribution in [0.15, 0.2) is 77.8 Å². The van der Waals surface area contributed by atoms with E-state index in [9.17, 15) is 5.11 Å². The fourth-order valence-corrected chi connectivity index (χ4v) is 3.33. The van der Waals surface area contributed by atoms with Crippen LogP contribution < -0.4 is 0 Å². The molecular formula is C27H31NO. The zero-order valence-corrected chi connectivity index (χ0v) is 18.3. The van der Waals surface area contributed by atoms with Gasteiger partial charge in [-0.15, -0.1) is 0 Å². The van der Waals surface area contributed by atoms with Crippen molar-refractivity contribution in [3.63, 3.8) is 0 Å². The molecule has 0 aliphatic carbocycles. The monoisotopic (exact) mass is 385 g/mol. The summed E-state index contributed by atoms with van der Waals surface area (Å²) < 4.78 is 0. The summed E-state index contributed by atoms with van der Waals surface area (Å²) >= 11 is 0. The molecule has 0 radical (unpaired) electrons. The summed E-state index contributed by atoms with van der Waals surface area (Å²) in [6.45, 7) is 13.0. The quantitative estimate of drug-likeness (QED) is 0.477. The minimum Gasteiger partial charge on any atom is -0.507 e. The molecule has 0 atom stereocenters. The minimum absolute atomic E-state index is 0.0446. The Morgan fingerprint density at radius 3 is 1.79 bits per heavy atom. The van der Waals surface area contributed by atoms with Crippen LogP contribution in [0.3, 0.4) is 0 Å². The van der Waals surface area contributed by atoms with Crippen LogP contribution in [0.1, 0.15) is 63.8 Å². The Morgan fingerprint density at radius 2 is 1.28 bits per heavy atom.